The van der Waals surface area contributed by atoms with Gasteiger partial charge >= 0.3 is 5.97 Å². The number of pyridine rings is 1. The van der Waals surface area contributed by atoms with Gasteiger partial charge in [0.2, 0.25) is 0 Å². The number of halogens is 1. The van der Waals surface area contributed by atoms with Gasteiger partial charge in [-0.1, -0.05) is 24.3 Å². The topological polar surface area (TPSA) is 39.2 Å². The molecule has 15 heavy (non-hydrogen) atoms. The zero-order valence-electron chi connectivity index (χ0n) is 8.14. The molecule has 0 fully saturated rings. The van der Waals surface area contributed by atoms with Crippen molar-refractivity contribution in [1.29, 1.82) is 0 Å². The first-order valence-electron chi connectivity index (χ1n) is 4.25. The van der Waals surface area contributed by atoms with E-state index in [4.69, 9.17) is 0 Å². The molecule has 0 aliphatic rings. The van der Waals surface area contributed by atoms with Crippen LogP contribution < -0.4 is 0 Å². The van der Waals surface area contributed by atoms with Gasteiger partial charge in [-0.05, 0) is 11.5 Å². The predicted octanol–water partition coefficient (Wildman–Crippen LogP) is 2.44. The Labute approximate surface area is 93.5 Å². The van der Waals surface area contributed by atoms with Crippen LogP contribution in [0.3, 0.4) is 0 Å². The predicted molar refractivity (Wildman–Crippen MR) is 60.3 cm³/mol. The molecule has 0 saturated heterocycles. The van der Waals surface area contributed by atoms with Crippen molar-refractivity contribution in [2.24, 2.45) is 0 Å². The van der Waals surface area contributed by atoms with Crippen LogP contribution in [0.5, 0.6) is 0 Å². The molecule has 1 heterocycles. The molecule has 1 aromatic heterocycles. The van der Waals surface area contributed by atoms with Gasteiger partial charge in [-0.25, -0.2) is 9.78 Å². The molecule has 3 nitrogen and oxygen atoms in total. The molecule has 0 bridgehead atoms. The number of fused-ring (bicyclic) bond motifs is 1. The Morgan fingerprint density at radius 1 is 1.27 bits per heavy atom. The standard InChI is InChI=1S/C11H9NO2.ClH/c1-14-11(13)10-9-5-3-2-4-8(9)6-7-12-10;/h2-7H,1H3;1H. The van der Waals surface area contributed by atoms with Gasteiger partial charge in [-0.2, -0.15) is 0 Å². The highest BCUT2D eigenvalue weighted by atomic mass is 35.5. The molecule has 0 saturated carbocycles. The number of esters is 1. The number of hydrogen-bond acceptors (Lipinski definition) is 3. The molecule has 0 atom stereocenters. The maximum atomic E-state index is 11.3. The Kier molecular flexibility index (Phi) is 3.63. The number of carbonyl (C=O) groups is 1. The fourth-order valence-corrected chi connectivity index (χ4v) is 1.38. The summed E-state index contributed by atoms with van der Waals surface area (Å²) >= 11 is 0. The second kappa shape index (κ2) is 4.75. The van der Waals surface area contributed by atoms with E-state index in [1.165, 1.54) is 7.11 Å². The average Bonchev–Trinajstić information content (AvgIpc) is 2.27. The summed E-state index contributed by atoms with van der Waals surface area (Å²) in [5.41, 5.74) is 0.366. The van der Waals surface area contributed by atoms with Gasteiger partial charge in [0, 0.05) is 11.6 Å². The van der Waals surface area contributed by atoms with Crippen LogP contribution in [0.4, 0.5) is 0 Å². The number of nitrogens with zero attached hydrogens (tertiary/aromatic N) is 1. The maximum absolute atomic E-state index is 11.3. The van der Waals surface area contributed by atoms with Gasteiger partial charge in [0.05, 0.1) is 7.11 Å². The Bertz CT molecular complexity index is 479. The fraction of sp³-hybridized carbons (Fsp3) is 0.0909. The zero-order chi connectivity index (χ0) is 9.97. The summed E-state index contributed by atoms with van der Waals surface area (Å²) < 4.78 is 4.64. The molecule has 0 N–H and O–H groups in total. The van der Waals surface area contributed by atoms with Crippen molar-refractivity contribution in [3.8, 4) is 0 Å². The van der Waals surface area contributed by atoms with E-state index in [-0.39, 0.29) is 12.4 Å². The van der Waals surface area contributed by atoms with Crippen molar-refractivity contribution in [2.45, 2.75) is 0 Å². The summed E-state index contributed by atoms with van der Waals surface area (Å²) in [6.07, 6.45) is 1.61. The minimum atomic E-state index is -0.401. The van der Waals surface area contributed by atoms with E-state index in [2.05, 4.69) is 9.72 Å². The van der Waals surface area contributed by atoms with E-state index in [9.17, 15) is 4.79 Å². The number of carbonyl (C=O) groups excluding carboxylic acids is 1. The van der Waals surface area contributed by atoms with Gasteiger partial charge in [-0.3, -0.25) is 0 Å². The minimum Gasteiger partial charge on any atom is -0.464 e. The summed E-state index contributed by atoms with van der Waals surface area (Å²) in [6.45, 7) is 0. The SMILES string of the molecule is COC(=O)c1nccc2ccccc12.Cl. The molecule has 0 unspecified atom stereocenters. The number of aromatic nitrogens is 1. The summed E-state index contributed by atoms with van der Waals surface area (Å²) in [5.74, 6) is -0.401. The normalized spacial score (nSPS) is 9.40. The van der Waals surface area contributed by atoms with Crippen LogP contribution in [-0.2, 0) is 4.74 Å². The largest absolute Gasteiger partial charge is 0.464 e. The van der Waals surface area contributed by atoms with E-state index >= 15 is 0 Å². The van der Waals surface area contributed by atoms with Gasteiger partial charge in [0.1, 0.15) is 0 Å². The van der Waals surface area contributed by atoms with E-state index in [1.54, 1.807) is 6.20 Å². The molecule has 0 amide bonds. The lowest BCUT2D eigenvalue weighted by molar-refractivity contribution is 0.0596. The molecule has 2 aromatic rings. The highest BCUT2D eigenvalue weighted by molar-refractivity contribution is 6.02. The van der Waals surface area contributed by atoms with Crippen molar-refractivity contribution in [1.82, 2.24) is 4.98 Å². The van der Waals surface area contributed by atoms with Crippen LogP contribution in [0.15, 0.2) is 36.5 Å². The monoisotopic (exact) mass is 223 g/mol. The molecule has 78 valence electrons. The van der Waals surface area contributed by atoms with Gasteiger partial charge in [0.15, 0.2) is 5.69 Å². The summed E-state index contributed by atoms with van der Waals surface area (Å²) in [7, 11) is 1.35. The van der Waals surface area contributed by atoms with E-state index in [0.29, 0.717) is 5.69 Å². The van der Waals surface area contributed by atoms with Crippen LogP contribution in [-0.4, -0.2) is 18.1 Å². The third-order valence-corrected chi connectivity index (χ3v) is 2.05. The Balaban J connectivity index is 0.00000112. The molecular formula is C11H10ClNO2. The smallest absolute Gasteiger partial charge is 0.357 e. The Hall–Kier alpha value is -1.61. The highest BCUT2D eigenvalue weighted by Crippen LogP contribution is 2.16. The van der Waals surface area contributed by atoms with Crippen molar-refractivity contribution in [3.63, 3.8) is 0 Å². The molecule has 0 aliphatic carbocycles. The average molecular weight is 224 g/mol. The minimum absolute atomic E-state index is 0. The zero-order valence-corrected chi connectivity index (χ0v) is 8.95. The van der Waals surface area contributed by atoms with E-state index < -0.39 is 5.97 Å². The lowest BCUT2D eigenvalue weighted by Gasteiger charge is -2.02. The van der Waals surface area contributed by atoms with Crippen LogP contribution in [0, 0.1) is 0 Å². The summed E-state index contributed by atoms with van der Waals surface area (Å²) in [4.78, 5) is 15.3. The third kappa shape index (κ3) is 2.07. The number of rotatable bonds is 1. The molecule has 4 heteroatoms. The highest BCUT2D eigenvalue weighted by Gasteiger charge is 2.10. The van der Waals surface area contributed by atoms with E-state index in [1.807, 2.05) is 30.3 Å². The molecule has 0 radical (unpaired) electrons. The Morgan fingerprint density at radius 3 is 2.73 bits per heavy atom. The second-order valence-electron chi connectivity index (χ2n) is 2.87. The summed E-state index contributed by atoms with van der Waals surface area (Å²) in [6, 6.07) is 9.44. The van der Waals surface area contributed by atoms with Crippen molar-refractivity contribution >= 4 is 29.1 Å². The van der Waals surface area contributed by atoms with Crippen molar-refractivity contribution in [2.75, 3.05) is 7.11 Å². The second-order valence-corrected chi connectivity index (χ2v) is 2.87. The van der Waals surface area contributed by atoms with Crippen LogP contribution in [0.1, 0.15) is 10.5 Å². The molecular weight excluding hydrogens is 214 g/mol. The molecule has 0 aliphatic heterocycles. The number of ether oxygens (including phenoxy) is 1. The van der Waals surface area contributed by atoms with Crippen LogP contribution >= 0.6 is 12.4 Å². The Morgan fingerprint density at radius 2 is 2.00 bits per heavy atom. The van der Waals surface area contributed by atoms with E-state index in [0.717, 1.165) is 10.8 Å². The first-order valence-corrected chi connectivity index (χ1v) is 4.25. The lowest BCUT2D eigenvalue weighted by atomic mass is 10.1. The lowest BCUT2D eigenvalue weighted by Crippen LogP contribution is -2.04. The van der Waals surface area contributed by atoms with Crippen molar-refractivity contribution in [3.05, 3.63) is 42.2 Å². The number of methoxy groups -OCH3 is 1. The maximum Gasteiger partial charge on any atom is 0.357 e. The van der Waals surface area contributed by atoms with Gasteiger partial charge in [-0.15, -0.1) is 12.4 Å². The number of benzene rings is 1. The van der Waals surface area contributed by atoms with Crippen molar-refractivity contribution < 1.29 is 9.53 Å². The first-order chi connectivity index (χ1) is 6.83. The fourth-order valence-electron chi connectivity index (χ4n) is 1.38. The quantitative estimate of drug-likeness (QED) is 0.697. The molecule has 2 rings (SSSR count). The first kappa shape index (κ1) is 11.5. The van der Waals surface area contributed by atoms with Crippen LogP contribution in [0.2, 0.25) is 0 Å². The summed E-state index contributed by atoms with van der Waals surface area (Å²) in [5, 5.41) is 1.81. The molecule has 1 aromatic carbocycles. The third-order valence-electron chi connectivity index (χ3n) is 2.05. The van der Waals surface area contributed by atoms with Gasteiger partial charge < -0.3 is 4.74 Å². The van der Waals surface area contributed by atoms with Crippen LogP contribution in [0.25, 0.3) is 10.8 Å². The molecule has 0 spiro atoms. The van der Waals surface area contributed by atoms with Gasteiger partial charge in [0.25, 0.3) is 0 Å². The number of hydrogen-bond donors (Lipinski definition) is 0.